The minimum absolute atomic E-state index is 0.0564. The maximum atomic E-state index is 10.3. The van der Waals surface area contributed by atoms with Crippen molar-refractivity contribution >= 4 is 157 Å². The molecule has 0 saturated heterocycles. The summed E-state index contributed by atoms with van der Waals surface area (Å²) in [4.78, 5) is 4.53. The van der Waals surface area contributed by atoms with Gasteiger partial charge in [0.25, 0.3) is 0 Å². The fraction of sp³-hybridized carbons (Fsp3) is 0.0612. The Bertz CT molecular complexity index is 3560. The first-order valence-corrected chi connectivity index (χ1v) is 20.2. The molecule has 1 heterocycles. The fourth-order valence-electron chi connectivity index (χ4n) is 8.69. The van der Waals surface area contributed by atoms with Gasteiger partial charge >= 0.3 is 297 Å². The summed E-state index contributed by atoms with van der Waals surface area (Å²) >= 11 is 0. The average molecular weight is 794 g/mol. The Kier molecular flexibility index (Phi) is 10.9. The number of fused-ring (bicyclic) bond motifs is 5. The van der Waals surface area contributed by atoms with Crippen molar-refractivity contribution in [2.45, 2.75) is 17.8 Å². The van der Waals surface area contributed by atoms with E-state index in [1.54, 1.807) is 23.6 Å². The van der Waals surface area contributed by atoms with Crippen LogP contribution < -0.4 is 27.1 Å². The van der Waals surface area contributed by atoms with Crippen LogP contribution in [0.25, 0.3) is 87.9 Å². The predicted octanol–water partition coefficient (Wildman–Crippen LogP) is 2.22. The number of hydrogen-bond donors (Lipinski definition) is 2. The molecule has 1 aromatic heterocycles. The third-order valence-corrected chi connectivity index (χ3v) is 12.1. The van der Waals surface area contributed by atoms with E-state index < -0.39 is 10.9 Å². The SMILES string of the molecule is [B]/C(C)=C([B])/C([B])=c1/c(-c2ccc(-c3ccc(-n4c(C([B])([B])C([B])(O)O)nc5ccccc54)cc3)cc2)c2c([B])c([B])c([B])c([B])c2c(-c2cc3ccccc3c3ccccc23)c1=[B]. The van der Waals surface area contributed by atoms with Crippen molar-refractivity contribution in [3.05, 3.63) is 154 Å². The molecule has 21 radical (unpaired) electrons. The van der Waals surface area contributed by atoms with Crippen LogP contribution in [-0.4, -0.2) is 111 Å². The number of para-hydroxylation sites is 2. The summed E-state index contributed by atoms with van der Waals surface area (Å²) in [5, 5.41) is 23.9. The van der Waals surface area contributed by atoms with E-state index in [4.69, 9.17) is 86.0 Å². The zero-order valence-corrected chi connectivity index (χ0v) is 34.8. The number of aliphatic hydroxyl groups is 2. The zero-order valence-electron chi connectivity index (χ0n) is 34.8. The molecule has 0 saturated carbocycles. The zero-order chi connectivity index (χ0) is 45.6. The second kappa shape index (κ2) is 16.0. The Morgan fingerprint density at radius 2 is 1.11 bits per heavy atom. The van der Waals surface area contributed by atoms with Crippen molar-refractivity contribution in [2.75, 3.05) is 0 Å². The maximum absolute atomic E-state index is 10.3. The second-order valence-corrected chi connectivity index (χ2v) is 16.1. The van der Waals surface area contributed by atoms with E-state index in [1.165, 1.54) is 0 Å². The molecule has 0 fully saturated rings. The van der Waals surface area contributed by atoms with Crippen molar-refractivity contribution in [3.63, 3.8) is 0 Å². The molecule has 9 aromatic rings. The molecule has 0 amide bonds. The summed E-state index contributed by atoms with van der Waals surface area (Å²) in [5.41, 5.74) is 4.12. The summed E-state index contributed by atoms with van der Waals surface area (Å²) in [6.45, 7) is 1.66. The predicted molar refractivity (Wildman–Crippen MR) is 275 cm³/mol. The van der Waals surface area contributed by atoms with Gasteiger partial charge in [0.15, 0.2) is 7.85 Å². The quantitative estimate of drug-likeness (QED) is 0.148. The fourth-order valence-corrected chi connectivity index (χ4v) is 8.69. The third-order valence-electron chi connectivity index (χ3n) is 12.1. The third kappa shape index (κ3) is 6.86. The van der Waals surface area contributed by atoms with Crippen molar-refractivity contribution in [1.29, 1.82) is 0 Å². The van der Waals surface area contributed by atoms with Gasteiger partial charge in [0.1, 0.15) is 11.5 Å². The van der Waals surface area contributed by atoms with Gasteiger partial charge < -0.3 is 10.2 Å². The minimum atomic E-state index is -2.99. The van der Waals surface area contributed by atoms with Gasteiger partial charge in [-0.15, -0.1) is 0 Å². The topological polar surface area (TPSA) is 58.3 Å². The molecular formula is C49H26B11N2O2. The molecule has 0 bridgehead atoms. The summed E-state index contributed by atoms with van der Waals surface area (Å²) in [6, 6.07) is 40.6. The van der Waals surface area contributed by atoms with Crippen LogP contribution in [-0.2, 0) is 5.21 Å². The number of aromatic nitrogens is 2. The molecule has 0 atom stereocenters. The van der Waals surface area contributed by atoms with E-state index in [2.05, 4.69) is 23.2 Å². The Morgan fingerprint density at radius 1 is 0.594 bits per heavy atom. The van der Waals surface area contributed by atoms with E-state index in [0.717, 1.165) is 38.2 Å². The van der Waals surface area contributed by atoms with E-state index in [0.29, 0.717) is 54.9 Å². The van der Waals surface area contributed by atoms with Gasteiger partial charge in [-0.1, -0.05) is 12.1 Å². The normalized spacial score (nSPS) is 13.2. The second-order valence-electron chi connectivity index (χ2n) is 16.1. The standard InChI is InChI=1S/C49H26B11N2O2/c1-23(50)40(51)44(55)39-35(26-16-14-24(15-17-26)25-18-20-28(21-19-25)62-34-13-7-6-12-33(34)61-47(62)48(58,59)49(60,63)64)37-38(43(54)46(57)45(56)42(37)53)36(41(39)52)32-22-27-8-2-3-9-29(27)30-10-4-5-11-31(30)32/h2-22,63-64H,1H3/b40-23-,44-39+. The Labute approximate surface area is 385 Å². The van der Waals surface area contributed by atoms with E-state index in [9.17, 15) is 10.2 Å². The first kappa shape index (κ1) is 43.5. The molecular weight excluding hydrogens is 767 g/mol. The molecule has 2 N–H and O–H groups in total. The number of hydrogen-bond acceptors (Lipinski definition) is 3. The average Bonchev–Trinajstić information content (AvgIpc) is 3.69. The van der Waals surface area contributed by atoms with Crippen LogP contribution in [0.1, 0.15) is 12.7 Å². The van der Waals surface area contributed by atoms with Crippen molar-refractivity contribution in [2.24, 2.45) is 0 Å². The van der Waals surface area contributed by atoms with E-state index in [-0.39, 0.29) is 43.7 Å². The first-order chi connectivity index (χ1) is 30.4. The molecule has 4 nitrogen and oxygen atoms in total. The van der Waals surface area contributed by atoms with Crippen LogP contribution in [0.2, 0.25) is 0 Å². The van der Waals surface area contributed by atoms with Crippen molar-refractivity contribution in [3.8, 4) is 39.1 Å². The van der Waals surface area contributed by atoms with Crippen molar-refractivity contribution < 1.29 is 10.2 Å². The van der Waals surface area contributed by atoms with Gasteiger partial charge in [-0.25, -0.2) is 4.98 Å². The van der Waals surface area contributed by atoms with Crippen molar-refractivity contribution in [1.82, 2.24) is 9.55 Å². The number of allylic oxidation sites excluding steroid dienone is 2. The Balaban J connectivity index is 1.28. The van der Waals surface area contributed by atoms with Crippen LogP contribution in [0.15, 0.2) is 138 Å². The summed E-state index contributed by atoms with van der Waals surface area (Å²) in [6.07, 6.45) is 0. The van der Waals surface area contributed by atoms with Crippen LogP contribution in [0.5, 0.6) is 0 Å². The van der Waals surface area contributed by atoms with Crippen LogP contribution >= 0.6 is 0 Å². The summed E-state index contributed by atoms with van der Waals surface area (Å²) in [5.74, 6) is -0.0564. The Hall–Kier alpha value is -5.75. The first-order valence-electron chi connectivity index (χ1n) is 20.2. The van der Waals surface area contributed by atoms with Gasteiger partial charge in [0, 0.05) is 0 Å². The number of rotatable bonds is 7. The van der Waals surface area contributed by atoms with Gasteiger partial charge in [-0.3, -0.25) is 0 Å². The number of imidazole rings is 1. The summed E-state index contributed by atoms with van der Waals surface area (Å²) < 4.78 is 1.64. The molecule has 0 aliphatic rings. The number of benzene rings is 8. The molecule has 277 valence electrons. The monoisotopic (exact) mass is 795 g/mol. The number of nitrogens with zero attached hydrogens (tertiary/aromatic N) is 2. The van der Waals surface area contributed by atoms with Crippen LogP contribution in [0.4, 0.5) is 0 Å². The summed E-state index contributed by atoms with van der Waals surface area (Å²) in [7, 11) is 72.8. The van der Waals surface area contributed by atoms with Gasteiger partial charge in [0.05, 0.1) is 26.7 Å². The molecule has 0 aliphatic carbocycles. The van der Waals surface area contributed by atoms with Crippen LogP contribution in [0, 0.1) is 5.11 Å². The molecule has 0 aliphatic heterocycles. The molecule has 64 heavy (non-hydrogen) atoms. The van der Waals surface area contributed by atoms with E-state index >= 15 is 0 Å². The Morgan fingerprint density at radius 3 is 1.72 bits per heavy atom. The molecule has 0 spiro atoms. The van der Waals surface area contributed by atoms with Gasteiger partial charge in [-0.05, 0) is 17.3 Å². The van der Waals surface area contributed by atoms with Gasteiger partial charge in [0.2, 0.25) is 0 Å². The van der Waals surface area contributed by atoms with E-state index in [1.807, 2.05) is 97.1 Å². The molecule has 15 heteroatoms. The van der Waals surface area contributed by atoms with Gasteiger partial charge in [-0.2, -0.15) is 0 Å². The molecule has 9 rings (SSSR count). The molecule has 8 aromatic carbocycles. The molecule has 0 unspecified atom stereocenters. The van der Waals surface area contributed by atoms with Crippen LogP contribution in [0.3, 0.4) is 0 Å².